The Bertz CT molecular complexity index is 987. The van der Waals surface area contributed by atoms with Crippen molar-refractivity contribution >= 4 is 11.6 Å². The van der Waals surface area contributed by atoms with Crippen molar-refractivity contribution < 1.29 is 9.53 Å². The topological polar surface area (TPSA) is 65.3 Å². The van der Waals surface area contributed by atoms with Crippen molar-refractivity contribution in [3.05, 3.63) is 81.8 Å². The number of ether oxygens (including phenoxy) is 1. The van der Waals surface area contributed by atoms with Crippen molar-refractivity contribution in [1.82, 2.24) is 9.36 Å². The molecule has 0 saturated heterocycles. The normalized spacial score (nSPS) is 10.7. The summed E-state index contributed by atoms with van der Waals surface area (Å²) < 4.78 is 8.36. The summed E-state index contributed by atoms with van der Waals surface area (Å²) in [6.45, 7) is 2.23. The van der Waals surface area contributed by atoms with Gasteiger partial charge in [0.15, 0.2) is 0 Å². The molecule has 1 amide bonds. The zero-order valence-electron chi connectivity index (χ0n) is 15.0. The number of carbonyl (C=O) groups excluding carboxylic acids is 1. The Morgan fingerprint density at radius 3 is 2.54 bits per heavy atom. The van der Waals surface area contributed by atoms with Crippen LogP contribution in [0.1, 0.15) is 21.6 Å². The quantitative estimate of drug-likeness (QED) is 0.769. The lowest BCUT2D eigenvalue weighted by atomic mass is 10.1. The maximum Gasteiger partial charge on any atom is 0.295 e. The summed E-state index contributed by atoms with van der Waals surface area (Å²) in [5, 5.41) is 2.76. The highest BCUT2D eigenvalue weighted by molar-refractivity contribution is 6.04. The van der Waals surface area contributed by atoms with E-state index >= 15 is 0 Å². The molecule has 6 nitrogen and oxygen atoms in total. The third kappa shape index (κ3) is 3.32. The number of hydrogen-bond acceptors (Lipinski definition) is 3. The van der Waals surface area contributed by atoms with Crippen molar-refractivity contribution in [2.24, 2.45) is 7.05 Å². The lowest BCUT2D eigenvalue weighted by molar-refractivity contribution is 0.102. The highest BCUT2D eigenvalue weighted by atomic mass is 16.5. The third-order valence-electron chi connectivity index (χ3n) is 4.29. The maximum atomic E-state index is 12.9. The van der Waals surface area contributed by atoms with Crippen LogP contribution >= 0.6 is 0 Å². The Labute approximate surface area is 151 Å². The Hall–Kier alpha value is -3.12. The van der Waals surface area contributed by atoms with E-state index in [9.17, 15) is 9.59 Å². The molecule has 26 heavy (non-hydrogen) atoms. The van der Waals surface area contributed by atoms with Gasteiger partial charge in [-0.1, -0.05) is 30.3 Å². The smallest absolute Gasteiger partial charge is 0.295 e. The fourth-order valence-corrected chi connectivity index (χ4v) is 2.87. The molecule has 0 aliphatic heterocycles. The van der Waals surface area contributed by atoms with Crippen LogP contribution in [0.15, 0.2) is 59.4 Å². The van der Waals surface area contributed by atoms with Crippen LogP contribution in [0.25, 0.3) is 5.69 Å². The molecule has 2 aromatic carbocycles. The Balaban J connectivity index is 1.95. The molecule has 0 fully saturated rings. The molecule has 3 aromatic rings. The van der Waals surface area contributed by atoms with Crippen LogP contribution in [0, 0.1) is 6.92 Å². The van der Waals surface area contributed by atoms with E-state index < -0.39 is 0 Å². The van der Waals surface area contributed by atoms with Crippen LogP contribution in [0.3, 0.4) is 0 Å². The summed E-state index contributed by atoms with van der Waals surface area (Å²) in [6, 6.07) is 16.5. The summed E-state index contributed by atoms with van der Waals surface area (Å²) in [7, 11) is 3.39. The van der Waals surface area contributed by atoms with Gasteiger partial charge in [0, 0.05) is 19.7 Å². The van der Waals surface area contributed by atoms with Crippen LogP contribution in [-0.4, -0.2) is 22.4 Å². The first kappa shape index (κ1) is 17.7. The van der Waals surface area contributed by atoms with E-state index in [-0.39, 0.29) is 17.2 Å². The van der Waals surface area contributed by atoms with Gasteiger partial charge in [0.25, 0.3) is 11.5 Å². The van der Waals surface area contributed by atoms with Gasteiger partial charge in [-0.2, -0.15) is 0 Å². The second-order valence-electron chi connectivity index (χ2n) is 6.02. The number of benzene rings is 2. The molecule has 134 valence electrons. The minimum atomic E-state index is -0.325. The van der Waals surface area contributed by atoms with E-state index in [0.717, 1.165) is 11.3 Å². The van der Waals surface area contributed by atoms with Crippen LogP contribution in [0.2, 0.25) is 0 Å². The monoisotopic (exact) mass is 351 g/mol. The van der Waals surface area contributed by atoms with Gasteiger partial charge in [-0.05, 0) is 36.8 Å². The number of aromatic nitrogens is 2. The predicted molar refractivity (Wildman–Crippen MR) is 101 cm³/mol. The highest BCUT2D eigenvalue weighted by Crippen LogP contribution is 2.15. The third-order valence-corrected chi connectivity index (χ3v) is 4.29. The molecule has 0 aliphatic rings. The van der Waals surface area contributed by atoms with Gasteiger partial charge in [0.05, 0.1) is 18.0 Å². The number of rotatable bonds is 5. The van der Waals surface area contributed by atoms with E-state index in [0.29, 0.717) is 17.9 Å². The second-order valence-corrected chi connectivity index (χ2v) is 6.02. The van der Waals surface area contributed by atoms with Gasteiger partial charge in [0.2, 0.25) is 0 Å². The first-order valence-corrected chi connectivity index (χ1v) is 8.26. The summed E-state index contributed by atoms with van der Waals surface area (Å²) in [6.07, 6.45) is 0. The van der Waals surface area contributed by atoms with Gasteiger partial charge in [-0.15, -0.1) is 0 Å². The number of carbonyl (C=O) groups is 1. The maximum absolute atomic E-state index is 12.9. The van der Waals surface area contributed by atoms with E-state index in [1.54, 1.807) is 44.0 Å². The minimum absolute atomic E-state index is 0.266. The largest absolute Gasteiger partial charge is 0.380 e. The van der Waals surface area contributed by atoms with Crippen molar-refractivity contribution in [3.63, 3.8) is 0 Å². The molecule has 0 atom stereocenters. The highest BCUT2D eigenvalue weighted by Gasteiger charge is 2.18. The molecule has 0 bridgehead atoms. The first-order valence-electron chi connectivity index (χ1n) is 8.26. The number of anilines is 1. The minimum Gasteiger partial charge on any atom is -0.380 e. The van der Waals surface area contributed by atoms with E-state index in [1.165, 1.54) is 4.68 Å². The molecule has 1 heterocycles. The number of methoxy groups -OCH3 is 1. The molecule has 0 spiro atoms. The fraction of sp³-hybridized carbons (Fsp3) is 0.200. The summed E-state index contributed by atoms with van der Waals surface area (Å²) in [4.78, 5) is 25.5. The molecule has 0 unspecified atom stereocenters. The summed E-state index contributed by atoms with van der Waals surface area (Å²) >= 11 is 0. The Morgan fingerprint density at radius 2 is 1.85 bits per heavy atom. The molecule has 1 N–H and O–H groups in total. The van der Waals surface area contributed by atoms with Gasteiger partial charge in [-0.3, -0.25) is 14.3 Å². The summed E-state index contributed by atoms with van der Waals surface area (Å²) in [5.74, 6) is -0.325. The molecule has 6 heteroatoms. The van der Waals surface area contributed by atoms with Gasteiger partial charge in [-0.25, -0.2) is 4.68 Å². The Morgan fingerprint density at radius 1 is 1.12 bits per heavy atom. The molecular weight excluding hydrogens is 330 g/mol. The molecule has 1 aromatic heterocycles. The molecule has 0 radical (unpaired) electrons. The zero-order valence-corrected chi connectivity index (χ0v) is 15.0. The fourth-order valence-electron chi connectivity index (χ4n) is 2.87. The van der Waals surface area contributed by atoms with Crippen LogP contribution in [-0.2, 0) is 18.4 Å². The van der Waals surface area contributed by atoms with Crippen LogP contribution in [0.5, 0.6) is 0 Å². The lowest BCUT2D eigenvalue weighted by Crippen LogP contribution is -2.23. The zero-order chi connectivity index (χ0) is 18.7. The van der Waals surface area contributed by atoms with Crippen molar-refractivity contribution in [3.8, 4) is 5.69 Å². The average molecular weight is 351 g/mol. The SMILES string of the molecule is COCc1cccc(C(=O)Nc2c(C)n(C)n(-c3ccccc3)c2=O)c1. The molecule has 0 saturated carbocycles. The van der Waals surface area contributed by atoms with Crippen molar-refractivity contribution in [1.29, 1.82) is 0 Å². The first-order chi connectivity index (χ1) is 12.5. The van der Waals surface area contributed by atoms with Crippen LogP contribution in [0.4, 0.5) is 5.69 Å². The molecular formula is C20H21N3O3. The number of hydrogen-bond donors (Lipinski definition) is 1. The number of nitrogens with one attached hydrogen (secondary N) is 1. The number of para-hydroxylation sites is 1. The van der Waals surface area contributed by atoms with Gasteiger partial charge < -0.3 is 10.1 Å². The van der Waals surface area contributed by atoms with Gasteiger partial charge >= 0.3 is 0 Å². The van der Waals surface area contributed by atoms with Gasteiger partial charge in [0.1, 0.15) is 5.69 Å². The number of nitrogens with zero attached hydrogens (tertiary/aromatic N) is 2. The van der Waals surface area contributed by atoms with Crippen LogP contribution < -0.4 is 10.9 Å². The number of amides is 1. The van der Waals surface area contributed by atoms with E-state index in [2.05, 4.69) is 5.32 Å². The van der Waals surface area contributed by atoms with E-state index in [4.69, 9.17) is 4.74 Å². The average Bonchev–Trinajstić information content (AvgIpc) is 2.86. The molecule has 0 aliphatic carbocycles. The van der Waals surface area contributed by atoms with Crippen molar-refractivity contribution in [2.75, 3.05) is 12.4 Å². The second kappa shape index (κ2) is 7.41. The Kier molecular flexibility index (Phi) is 5.04. The standard InChI is InChI=1S/C20H21N3O3/c1-14-18(20(25)23(22(14)2)17-10-5-4-6-11-17)21-19(24)16-9-7-8-15(12-16)13-26-3/h4-12H,13H2,1-3H3,(H,21,24). The summed E-state index contributed by atoms with van der Waals surface area (Å²) in [5.41, 5.74) is 2.81. The molecule has 3 rings (SSSR count). The van der Waals surface area contributed by atoms with Crippen molar-refractivity contribution in [2.45, 2.75) is 13.5 Å². The lowest BCUT2D eigenvalue weighted by Gasteiger charge is -2.07. The predicted octanol–water partition coefficient (Wildman–Crippen LogP) is 2.88. The van der Waals surface area contributed by atoms with E-state index in [1.807, 2.05) is 36.4 Å².